The van der Waals surface area contributed by atoms with Crippen molar-refractivity contribution in [2.75, 3.05) is 0 Å². The van der Waals surface area contributed by atoms with E-state index in [1.54, 1.807) is 6.07 Å². The van der Waals surface area contributed by atoms with Crippen LogP contribution in [0.2, 0.25) is 0 Å². The Balaban J connectivity index is 0.00000121. The van der Waals surface area contributed by atoms with Crippen LogP contribution in [0.1, 0.15) is 20.7 Å². The summed E-state index contributed by atoms with van der Waals surface area (Å²) in [4.78, 5) is 20.6. The van der Waals surface area contributed by atoms with E-state index in [9.17, 15) is 14.7 Å². The van der Waals surface area contributed by atoms with Crippen LogP contribution >= 0.6 is 0 Å². The average Bonchev–Trinajstić information content (AvgIpc) is 2.04. The topological polar surface area (TPSA) is 57.2 Å². The number of carbonyl (C=O) groups is 2. The molecule has 0 bridgehead atoms. The summed E-state index contributed by atoms with van der Waals surface area (Å²) in [6, 6.07) is 5.89. The summed E-state index contributed by atoms with van der Waals surface area (Å²) < 4.78 is 0. The van der Waals surface area contributed by atoms with Crippen LogP contribution in [-0.4, -0.2) is 12.3 Å². The largest absolute Gasteiger partial charge is 1.00 e. The summed E-state index contributed by atoms with van der Waals surface area (Å²) in [5.41, 5.74) is 0.0787. The van der Waals surface area contributed by atoms with Crippen molar-refractivity contribution in [3.05, 3.63) is 35.4 Å². The number of carbonyl (C=O) groups excluding carboxylic acids is 2. The van der Waals surface area contributed by atoms with Crippen LogP contribution in [0.3, 0.4) is 0 Å². The maximum atomic E-state index is 10.3. The molecule has 0 aliphatic carbocycles. The maximum Gasteiger partial charge on any atom is 1.00 e. The first kappa shape index (κ1) is 11.0. The molecule has 0 fully saturated rings. The van der Waals surface area contributed by atoms with Gasteiger partial charge in [0.05, 0.1) is 5.97 Å². The Morgan fingerprint density at radius 3 is 2.33 bits per heavy atom. The van der Waals surface area contributed by atoms with Crippen molar-refractivity contribution in [3.63, 3.8) is 0 Å². The predicted octanol–water partition coefficient (Wildman–Crippen LogP) is -3.13. The minimum Gasteiger partial charge on any atom is -0.545 e. The molecule has 0 heterocycles. The van der Waals surface area contributed by atoms with Crippen molar-refractivity contribution in [3.8, 4) is 0 Å². The van der Waals surface area contributed by atoms with Gasteiger partial charge in [0, 0.05) is 11.1 Å². The molecule has 4 heteroatoms. The Hall–Kier alpha value is -1.04. The number of aldehydes is 1. The van der Waals surface area contributed by atoms with Crippen LogP contribution in [0.15, 0.2) is 24.3 Å². The van der Waals surface area contributed by atoms with Crippen molar-refractivity contribution in [1.82, 2.24) is 0 Å². The number of benzene rings is 1. The molecule has 1 rings (SSSR count). The quantitative estimate of drug-likeness (QED) is 0.336. The molecule has 12 heavy (non-hydrogen) atoms. The van der Waals surface area contributed by atoms with Crippen LogP contribution in [-0.2, 0) is 0 Å². The minimum absolute atomic E-state index is 0. The van der Waals surface area contributed by atoms with Gasteiger partial charge in [0.2, 0.25) is 0 Å². The molecule has 0 saturated heterocycles. The van der Waals surface area contributed by atoms with Crippen LogP contribution < -0.4 is 24.0 Å². The fourth-order valence-electron chi connectivity index (χ4n) is 0.786. The summed E-state index contributed by atoms with van der Waals surface area (Å²) in [7, 11) is 0. The summed E-state index contributed by atoms with van der Waals surface area (Å²) in [5, 5.41) is 10.3. The van der Waals surface area contributed by atoms with E-state index in [0.29, 0.717) is 6.29 Å². The molecule has 3 nitrogen and oxygen atoms in total. The molecule has 1 aromatic carbocycles. The first-order valence-corrected chi connectivity index (χ1v) is 3.01. The van der Waals surface area contributed by atoms with E-state index in [1.165, 1.54) is 18.2 Å². The molecule has 0 saturated carbocycles. The Kier molecular flexibility index (Phi) is 4.35. The molecule has 0 aliphatic heterocycles. The zero-order chi connectivity index (χ0) is 8.27. The molecule has 0 unspecified atom stereocenters. The summed E-state index contributed by atoms with van der Waals surface area (Å²) in [5.74, 6) is -1.33. The van der Waals surface area contributed by atoms with Gasteiger partial charge in [-0.05, 0) is 0 Å². The van der Waals surface area contributed by atoms with Gasteiger partial charge in [-0.1, -0.05) is 24.3 Å². The number of hydrogen-bond donors (Lipinski definition) is 0. The predicted molar refractivity (Wildman–Crippen MR) is 36.2 cm³/mol. The second-order valence-electron chi connectivity index (χ2n) is 1.99. The van der Waals surface area contributed by atoms with Crippen LogP contribution in [0, 0.1) is 0 Å². The summed E-state index contributed by atoms with van der Waals surface area (Å²) >= 11 is 0. The Labute approximate surface area is 81.6 Å². The molecule has 0 amide bonds. The van der Waals surface area contributed by atoms with E-state index in [0.717, 1.165) is 0 Å². The van der Waals surface area contributed by atoms with Gasteiger partial charge in [-0.25, -0.2) is 0 Å². The van der Waals surface area contributed by atoms with Crippen molar-refractivity contribution >= 4 is 12.3 Å². The third kappa shape index (κ3) is 2.23. The minimum atomic E-state index is -1.33. The third-order valence-electron chi connectivity index (χ3n) is 1.31. The smallest absolute Gasteiger partial charge is 0.545 e. The van der Waals surface area contributed by atoms with Gasteiger partial charge in [0.15, 0.2) is 6.29 Å². The average molecular weight is 156 g/mol. The van der Waals surface area contributed by atoms with E-state index in [-0.39, 0.29) is 30.0 Å². The van der Waals surface area contributed by atoms with E-state index in [1.807, 2.05) is 0 Å². The van der Waals surface area contributed by atoms with E-state index >= 15 is 0 Å². The Morgan fingerprint density at radius 1 is 1.33 bits per heavy atom. The molecule has 56 valence electrons. The van der Waals surface area contributed by atoms with Gasteiger partial charge in [-0.15, -0.1) is 0 Å². The molecular formula is C8H5LiO3. The second-order valence-corrected chi connectivity index (χ2v) is 1.99. The van der Waals surface area contributed by atoms with Gasteiger partial charge in [-0.2, -0.15) is 0 Å². The molecule has 1 aromatic rings. The molecule has 0 atom stereocenters. The van der Waals surface area contributed by atoms with Gasteiger partial charge < -0.3 is 9.90 Å². The van der Waals surface area contributed by atoms with Crippen molar-refractivity contribution < 1.29 is 33.6 Å². The Morgan fingerprint density at radius 2 is 1.92 bits per heavy atom. The maximum absolute atomic E-state index is 10.3. The van der Waals surface area contributed by atoms with Crippen molar-refractivity contribution in [2.45, 2.75) is 0 Å². The monoisotopic (exact) mass is 156 g/mol. The second kappa shape index (κ2) is 4.76. The van der Waals surface area contributed by atoms with Gasteiger partial charge in [0.1, 0.15) is 0 Å². The van der Waals surface area contributed by atoms with Crippen molar-refractivity contribution in [2.24, 2.45) is 0 Å². The molecule has 0 aliphatic rings. The zero-order valence-corrected chi connectivity index (χ0v) is 6.61. The SMILES string of the molecule is O=Cc1ccccc1C(=O)[O-].[Li+]. The fourth-order valence-corrected chi connectivity index (χ4v) is 0.786. The van der Waals surface area contributed by atoms with Crippen molar-refractivity contribution in [1.29, 1.82) is 0 Å². The standard InChI is InChI=1S/C8H6O3.Li/c9-5-6-3-1-2-4-7(6)8(10)11;/h1-5H,(H,10,11);/q;+1/p-1. The molecule has 0 radical (unpaired) electrons. The van der Waals surface area contributed by atoms with Gasteiger partial charge >= 0.3 is 18.9 Å². The van der Waals surface area contributed by atoms with Gasteiger partial charge in [-0.3, -0.25) is 4.79 Å². The zero-order valence-electron chi connectivity index (χ0n) is 6.61. The molecule has 0 N–H and O–H groups in total. The van der Waals surface area contributed by atoms with E-state index in [4.69, 9.17) is 0 Å². The normalized spacial score (nSPS) is 8.33. The van der Waals surface area contributed by atoms with Crippen LogP contribution in [0.4, 0.5) is 0 Å². The number of carboxylic acids is 1. The summed E-state index contributed by atoms with van der Waals surface area (Å²) in [6.45, 7) is 0. The molecule has 0 spiro atoms. The third-order valence-corrected chi connectivity index (χ3v) is 1.31. The van der Waals surface area contributed by atoms with Crippen LogP contribution in [0.25, 0.3) is 0 Å². The number of aromatic carboxylic acids is 1. The fraction of sp³-hybridized carbons (Fsp3) is 0. The Bertz CT molecular complexity index is 296. The van der Waals surface area contributed by atoms with E-state index in [2.05, 4.69) is 0 Å². The van der Waals surface area contributed by atoms with Crippen LogP contribution in [0.5, 0.6) is 0 Å². The van der Waals surface area contributed by atoms with Gasteiger partial charge in [0.25, 0.3) is 0 Å². The number of rotatable bonds is 2. The number of carboxylic acid groups (broad SMARTS) is 1. The molecular weight excluding hydrogens is 151 g/mol. The number of hydrogen-bond acceptors (Lipinski definition) is 3. The summed E-state index contributed by atoms with van der Waals surface area (Å²) in [6.07, 6.45) is 0.491. The first-order valence-electron chi connectivity index (χ1n) is 3.01. The van der Waals surface area contributed by atoms with E-state index < -0.39 is 5.97 Å². The molecule has 0 aromatic heterocycles. The first-order chi connectivity index (χ1) is 5.25.